The zero-order valence-electron chi connectivity index (χ0n) is 27.0. The molecule has 0 radical (unpaired) electrons. The van der Waals surface area contributed by atoms with Gasteiger partial charge in [0.1, 0.15) is 11.5 Å². The second kappa shape index (κ2) is 22.7. The maximum atomic E-state index is 11.7. The lowest BCUT2D eigenvalue weighted by Crippen LogP contribution is -2.46. The van der Waals surface area contributed by atoms with Gasteiger partial charge in [-0.3, -0.25) is 9.69 Å². The van der Waals surface area contributed by atoms with E-state index in [2.05, 4.69) is 28.9 Å². The number of unbranched alkanes of at least 4 members (excludes halogenated alkanes) is 1. The number of nitrogens with zero attached hydrogens (tertiary/aromatic N) is 2. The number of phenolic OH excluding ortho intramolecular Hbond substituents is 1. The predicted molar refractivity (Wildman–Crippen MR) is 179 cm³/mol. The fourth-order valence-corrected chi connectivity index (χ4v) is 4.58. The lowest BCUT2D eigenvalue weighted by atomic mass is 10.0. The van der Waals surface area contributed by atoms with Gasteiger partial charge in [-0.15, -0.1) is 0 Å². The zero-order valence-corrected chi connectivity index (χ0v) is 27.8. The van der Waals surface area contributed by atoms with Crippen LogP contribution in [0.1, 0.15) is 54.6 Å². The Morgan fingerprint density at radius 2 is 1.27 bits per heavy atom. The number of ketones is 1. The largest absolute Gasteiger partial charge is 0.507 e. The summed E-state index contributed by atoms with van der Waals surface area (Å²) in [5.74, 6) is -4.38. The fourth-order valence-electron chi connectivity index (χ4n) is 4.45. The minimum absolute atomic E-state index is 0.0771. The third-order valence-corrected chi connectivity index (χ3v) is 7.02. The van der Waals surface area contributed by atoms with Gasteiger partial charge in [0, 0.05) is 67.6 Å². The summed E-state index contributed by atoms with van der Waals surface area (Å²) in [6, 6.07) is 11.6. The van der Waals surface area contributed by atoms with Crippen molar-refractivity contribution in [1.29, 1.82) is 0 Å². The monoisotopic (exact) mass is 690 g/mol. The summed E-state index contributed by atoms with van der Waals surface area (Å²) in [5, 5.41) is 42.5. The summed E-state index contributed by atoms with van der Waals surface area (Å²) in [7, 11) is 0. The van der Waals surface area contributed by atoms with Gasteiger partial charge in [-0.2, -0.15) is 0 Å². The number of hydrogen-bond donors (Lipinski definition) is 5. The summed E-state index contributed by atoms with van der Waals surface area (Å²) >= 11 is 5.97. The van der Waals surface area contributed by atoms with Crippen molar-refractivity contribution in [2.24, 2.45) is 0 Å². The van der Waals surface area contributed by atoms with E-state index in [1.54, 1.807) is 6.07 Å². The van der Waals surface area contributed by atoms with Gasteiger partial charge >= 0.3 is 23.9 Å². The highest BCUT2D eigenvalue weighted by atomic mass is 35.5. The maximum absolute atomic E-state index is 11.7. The van der Waals surface area contributed by atoms with E-state index in [4.69, 9.17) is 36.8 Å². The Morgan fingerprint density at radius 1 is 0.771 bits per heavy atom. The molecule has 1 aliphatic heterocycles. The highest BCUT2D eigenvalue weighted by molar-refractivity contribution is 6.30. The number of piperazine rings is 1. The number of benzene rings is 2. The van der Waals surface area contributed by atoms with Crippen LogP contribution in [0.3, 0.4) is 0 Å². The molecule has 1 fully saturated rings. The van der Waals surface area contributed by atoms with Crippen LogP contribution in [-0.2, 0) is 32.1 Å². The Hall–Kier alpha value is -4.72. The number of rotatable bonds is 15. The molecule has 3 rings (SSSR count). The van der Waals surface area contributed by atoms with Crippen LogP contribution in [0.4, 0.5) is 0 Å². The second-order valence-electron chi connectivity index (χ2n) is 10.6. The summed E-state index contributed by atoms with van der Waals surface area (Å²) in [6.45, 7) is 10.6. The van der Waals surface area contributed by atoms with Crippen LogP contribution in [0.15, 0.2) is 60.7 Å². The van der Waals surface area contributed by atoms with E-state index in [-0.39, 0.29) is 11.5 Å². The molecule has 2 aromatic carbocycles. The molecule has 5 N–H and O–H groups in total. The molecule has 0 atom stereocenters. The molecule has 0 unspecified atom stereocenters. The summed E-state index contributed by atoms with van der Waals surface area (Å²) in [5.41, 5.74) is 2.43. The molecule has 0 bridgehead atoms. The summed E-state index contributed by atoms with van der Waals surface area (Å²) < 4.78 is 5.98. The minimum Gasteiger partial charge on any atom is -0.507 e. The number of phenols is 1. The molecular formula is C34H43ClN2O11. The van der Waals surface area contributed by atoms with E-state index < -0.39 is 23.9 Å². The van der Waals surface area contributed by atoms with E-state index >= 15 is 0 Å². The average Bonchev–Trinajstić information content (AvgIpc) is 3.03. The standard InChI is InChI=1S/C26H35ClN2O3.2C4H4O4/c1-3-6-24-25(12-11-23(20(2)30)26(24)31)32-18-5-4-13-28-14-16-29(17-15-28)19-21-7-9-22(27)10-8-21;2*5-3(6)1-2-4(7)8/h7-12,31H,3-6,13-19H2,1-2H3;2*1-2H,(H,5,6)(H,7,8)/b;2*2-1-. The van der Waals surface area contributed by atoms with E-state index in [1.807, 2.05) is 18.2 Å². The van der Waals surface area contributed by atoms with E-state index in [0.717, 1.165) is 69.1 Å². The van der Waals surface area contributed by atoms with Gasteiger partial charge in [-0.1, -0.05) is 37.1 Å². The quantitative estimate of drug-likeness (QED) is 0.0987. The molecule has 1 heterocycles. The molecule has 0 aliphatic carbocycles. The lowest BCUT2D eigenvalue weighted by Gasteiger charge is -2.34. The number of aromatic hydroxyl groups is 1. The highest BCUT2D eigenvalue weighted by Gasteiger charge is 2.18. The Labute approximate surface area is 284 Å². The van der Waals surface area contributed by atoms with Crippen LogP contribution < -0.4 is 4.74 Å². The first-order chi connectivity index (χ1) is 22.7. The molecule has 1 aliphatic rings. The van der Waals surface area contributed by atoms with Gasteiger partial charge < -0.3 is 35.2 Å². The van der Waals surface area contributed by atoms with E-state index in [1.165, 1.54) is 12.5 Å². The summed E-state index contributed by atoms with van der Waals surface area (Å²) in [4.78, 5) is 54.9. The Kier molecular flexibility index (Phi) is 19.6. The first-order valence-electron chi connectivity index (χ1n) is 15.2. The number of carbonyl (C=O) groups is 5. The van der Waals surface area contributed by atoms with Gasteiger partial charge in [0.2, 0.25) is 0 Å². The molecule has 48 heavy (non-hydrogen) atoms. The number of aliphatic carboxylic acids is 4. The molecule has 1 saturated heterocycles. The topological polar surface area (TPSA) is 202 Å². The number of carboxylic acids is 4. The number of carbonyl (C=O) groups excluding carboxylic acids is 1. The molecule has 262 valence electrons. The average molecular weight is 691 g/mol. The van der Waals surface area contributed by atoms with Crippen molar-refractivity contribution >= 4 is 41.3 Å². The van der Waals surface area contributed by atoms with E-state index in [0.29, 0.717) is 48.6 Å². The van der Waals surface area contributed by atoms with Gasteiger partial charge in [-0.05, 0) is 62.6 Å². The van der Waals surface area contributed by atoms with Crippen molar-refractivity contribution < 1.29 is 54.2 Å². The van der Waals surface area contributed by atoms with Crippen molar-refractivity contribution in [3.05, 3.63) is 82.4 Å². The van der Waals surface area contributed by atoms with Gasteiger partial charge in [-0.25, -0.2) is 19.2 Å². The predicted octanol–water partition coefficient (Wildman–Crippen LogP) is 4.60. The molecule has 14 heteroatoms. The highest BCUT2D eigenvalue weighted by Crippen LogP contribution is 2.33. The van der Waals surface area contributed by atoms with Crippen LogP contribution in [-0.4, -0.2) is 104 Å². The van der Waals surface area contributed by atoms with Crippen molar-refractivity contribution in [2.75, 3.05) is 39.3 Å². The first kappa shape index (κ1) is 41.3. The molecule has 2 aromatic rings. The van der Waals surface area contributed by atoms with Crippen LogP contribution in [0.25, 0.3) is 0 Å². The number of hydrogen-bond acceptors (Lipinski definition) is 9. The molecule has 0 spiro atoms. The maximum Gasteiger partial charge on any atom is 0.328 e. The van der Waals surface area contributed by atoms with Crippen LogP contribution >= 0.6 is 11.6 Å². The summed E-state index contributed by atoms with van der Waals surface area (Å²) in [6.07, 6.45) is 5.86. The zero-order chi connectivity index (χ0) is 36.1. The van der Waals surface area contributed by atoms with Gasteiger partial charge in [0.25, 0.3) is 0 Å². The lowest BCUT2D eigenvalue weighted by molar-refractivity contribution is -0.134. The molecule has 0 saturated carbocycles. The number of carboxylic acid groups (broad SMARTS) is 4. The SMILES string of the molecule is CCCc1c(OCCCCN2CCN(Cc3ccc(Cl)cc3)CC2)ccc(C(C)=O)c1O.O=C(O)/C=C\C(=O)O.O=C(O)/C=C\C(=O)O. The normalized spacial score (nSPS) is 13.2. The molecular weight excluding hydrogens is 648 g/mol. The minimum atomic E-state index is -1.26. The third kappa shape index (κ3) is 17.8. The van der Waals surface area contributed by atoms with Gasteiger partial charge in [0.05, 0.1) is 12.2 Å². The Balaban J connectivity index is 0.000000594. The number of ether oxygens (including phenoxy) is 1. The van der Waals surface area contributed by atoms with Crippen LogP contribution in [0.5, 0.6) is 11.5 Å². The second-order valence-corrected chi connectivity index (χ2v) is 11.0. The Bertz CT molecular complexity index is 1350. The molecule has 0 aromatic heterocycles. The van der Waals surface area contributed by atoms with Crippen LogP contribution in [0.2, 0.25) is 5.02 Å². The number of halogens is 1. The first-order valence-corrected chi connectivity index (χ1v) is 15.6. The molecule has 13 nitrogen and oxygen atoms in total. The Morgan fingerprint density at radius 3 is 1.73 bits per heavy atom. The number of Topliss-reactive ketones (excluding diaryl/α,β-unsaturated/α-hetero) is 1. The molecule has 0 amide bonds. The van der Waals surface area contributed by atoms with Gasteiger partial charge in [0.15, 0.2) is 5.78 Å². The van der Waals surface area contributed by atoms with Crippen LogP contribution in [0, 0.1) is 0 Å². The smallest absolute Gasteiger partial charge is 0.328 e. The van der Waals surface area contributed by atoms with Crippen molar-refractivity contribution in [3.63, 3.8) is 0 Å². The fraction of sp³-hybridized carbons (Fsp3) is 0.382. The van der Waals surface area contributed by atoms with Crippen molar-refractivity contribution in [1.82, 2.24) is 9.80 Å². The van der Waals surface area contributed by atoms with Crippen molar-refractivity contribution in [2.45, 2.75) is 46.1 Å². The third-order valence-electron chi connectivity index (χ3n) is 6.77. The van der Waals surface area contributed by atoms with E-state index in [9.17, 15) is 29.1 Å². The van der Waals surface area contributed by atoms with Crippen molar-refractivity contribution in [3.8, 4) is 11.5 Å².